The maximum absolute atomic E-state index is 13.5. The predicted octanol–water partition coefficient (Wildman–Crippen LogP) is 4.72. The first kappa shape index (κ1) is 20.3. The molecule has 10 heteroatoms. The highest BCUT2D eigenvalue weighted by atomic mass is 19.4. The summed E-state index contributed by atoms with van der Waals surface area (Å²) in [7, 11) is 0. The van der Waals surface area contributed by atoms with Gasteiger partial charge in [0.1, 0.15) is 13.2 Å². The number of halogens is 6. The van der Waals surface area contributed by atoms with E-state index in [0.717, 1.165) is 4.90 Å². The maximum atomic E-state index is 13.5. The number of hydrogen-bond acceptors (Lipinski definition) is 3. The third-order valence-electron chi connectivity index (χ3n) is 4.51. The van der Waals surface area contributed by atoms with Gasteiger partial charge in [0.25, 0.3) is 0 Å². The van der Waals surface area contributed by atoms with E-state index in [0.29, 0.717) is 12.5 Å². The molecule has 1 aliphatic heterocycles. The lowest BCUT2D eigenvalue weighted by molar-refractivity contribution is -0.136. The molecule has 0 saturated heterocycles. The number of pyridine rings is 1. The standard InChI is InChI=1S/C18H18F6N2O2/c1-9(2)5-10-7-28-16-13(26(10)8-17(19,20)21)4-3-12-15(16)11(18(22,23)24)6-14(27)25-12/h3-4,6,9-10H,5,7-8H2,1-2H3,(H,25,27)/t10-/m1/s1. The average molecular weight is 408 g/mol. The molecule has 1 N–H and O–H groups in total. The molecular formula is C18H18F6N2O2. The van der Waals surface area contributed by atoms with E-state index in [1.807, 2.05) is 13.8 Å². The van der Waals surface area contributed by atoms with E-state index in [2.05, 4.69) is 4.98 Å². The second-order valence-electron chi connectivity index (χ2n) is 7.22. The normalized spacial score (nSPS) is 17.8. The number of anilines is 1. The van der Waals surface area contributed by atoms with E-state index < -0.39 is 41.4 Å². The van der Waals surface area contributed by atoms with E-state index >= 15 is 0 Å². The molecule has 1 atom stereocenters. The third-order valence-corrected chi connectivity index (χ3v) is 4.51. The van der Waals surface area contributed by atoms with E-state index in [1.54, 1.807) is 0 Å². The van der Waals surface area contributed by atoms with Crippen LogP contribution in [-0.4, -0.2) is 30.4 Å². The van der Waals surface area contributed by atoms with Gasteiger partial charge < -0.3 is 14.6 Å². The van der Waals surface area contributed by atoms with Crippen LogP contribution < -0.4 is 15.2 Å². The van der Waals surface area contributed by atoms with Crippen LogP contribution in [0.1, 0.15) is 25.8 Å². The third kappa shape index (κ3) is 4.05. The monoisotopic (exact) mass is 408 g/mol. The van der Waals surface area contributed by atoms with Crippen molar-refractivity contribution in [1.82, 2.24) is 4.98 Å². The number of alkyl halides is 6. The summed E-state index contributed by atoms with van der Waals surface area (Å²) < 4.78 is 85.5. The van der Waals surface area contributed by atoms with Crippen molar-refractivity contribution in [2.45, 2.75) is 38.7 Å². The molecule has 28 heavy (non-hydrogen) atoms. The van der Waals surface area contributed by atoms with Crippen LogP contribution in [0.25, 0.3) is 10.9 Å². The molecule has 1 aromatic carbocycles. The summed E-state index contributed by atoms with van der Waals surface area (Å²) in [6.45, 7) is 2.19. The highest BCUT2D eigenvalue weighted by Gasteiger charge is 2.40. The Bertz CT molecular complexity index is 933. The van der Waals surface area contributed by atoms with Crippen LogP contribution in [0.3, 0.4) is 0 Å². The zero-order valence-electron chi connectivity index (χ0n) is 15.0. The molecule has 0 saturated carbocycles. The highest BCUT2D eigenvalue weighted by Crippen LogP contribution is 2.45. The summed E-state index contributed by atoms with van der Waals surface area (Å²) in [6.07, 6.45) is -9.03. The first-order valence-corrected chi connectivity index (χ1v) is 8.60. The minimum absolute atomic E-state index is 0.0634. The molecule has 0 fully saturated rings. The second kappa shape index (κ2) is 6.89. The Morgan fingerprint density at radius 2 is 1.89 bits per heavy atom. The van der Waals surface area contributed by atoms with Gasteiger partial charge in [0.2, 0.25) is 5.56 Å². The number of nitrogens with zero attached hydrogens (tertiary/aromatic N) is 1. The molecule has 154 valence electrons. The van der Waals surface area contributed by atoms with Crippen molar-refractivity contribution in [2.75, 3.05) is 18.1 Å². The zero-order chi connectivity index (χ0) is 20.9. The summed E-state index contributed by atoms with van der Waals surface area (Å²) in [5.74, 6) is -0.237. The van der Waals surface area contributed by atoms with Gasteiger partial charge in [-0.3, -0.25) is 4.79 Å². The van der Waals surface area contributed by atoms with Crippen molar-refractivity contribution in [3.63, 3.8) is 0 Å². The Kier molecular flexibility index (Phi) is 5.01. The van der Waals surface area contributed by atoms with Gasteiger partial charge in [-0.05, 0) is 24.5 Å². The summed E-state index contributed by atoms with van der Waals surface area (Å²) in [5.41, 5.74) is -2.41. The minimum atomic E-state index is -4.87. The van der Waals surface area contributed by atoms with Crippen molar-refractivity contribution in [2.24, 2.45) is 5.92 Å². The summed E-state index contributed by atoms with van der Waals surface area (Å²) in [6, 6.07) is 2.19. The van der Waals surface area contributed by atoms with Gasteiger partial charge in [0.05, 0.1) is 28.2 Å². The lowest BCUT2D eigenvalue weighted by atomic mass is 9.98. The molecular weight excluding hydrogens is 390 g/mol. The molecule has 0 radical (unpaired) electrons. The average Bonchev–Trinajstić information content (AvgIpc) is 2.53. The van der Waals surface area contributed by atoms with Crippen molar-refractivity contribution < 1.29 is 31.1 Å². The van der Waals surface area contributed by atoms with Crippen molar-refractivity contribution >= 4 is 16.6 Å². The molecule has 0 aliphatic carbocycles. The number of aromatic amines is 1. The van der Waals surface area contributed by atoms with Gasteiger partial charge in [0.15, 0.2) is 5.75 Å². The van der Waals surface area contributed by atoms with Crippen LogP contribution >= 0.6 is 0 Å². The molecule has 1 aliphatic rings. The fourth-order valence-corrected chi connectivity index (χ4v) is 3.52. The molecule has 1 aromatic heterocycles. The largest absolute Gasteiger partial charge is 0.489 e. The smallest absolute Gasteiger partial charge is 0.417 e. The van der Waals surface area contributed by atoms with Gasteiger partial charge in [-0.1, -0.05) is 13.8 Å². The van der Waals surface area contributed by atoms with Crippen LogP contribution in [-0.2, 0) is 6.18 Å². The molecule has 0 spiro atoms. The van der Waals surface area contributed by atoms with Crippen molar-refractivity contribution in [3.8, 4) is 5.75 Å². The van der Waals surface area contributed by atoms with Gasteiger partial charge in [-0.15, -0.1) is 0 Å². The number of ether oxygens (including phenoxy) is 1. The number of rotatable bonds is 3. The van der Waals surface area contributed by atoms with Crippen LogP contribution in [0, 0.1) is 5.92 Å². The Morgan fingerprint density at radius 3 is 2.46 bits per heavy atom. The Hall–Kier alpha value is -2.39. The Labute approximate surface area is 156 Å². The fourth-order valence-electron chi connectivity index (χ4n) is 3.52. The SMILES string of the molecule is CC(C)C[C@@H]1COc2c(ccc3[nH]c(=O)cc(C(F)(F)F)c23)N1CC(F)(F)F. The molecule has 2 aromatic rings. The van der Waals surface area contributed by atoms with E-state index in [9.17, 15) is 31.1 Å². The predicted molar refractivity (Wildman–Crippen MR) is 91.7 cm³/mol. The van der Waals surface area contributed by atoms with E-state index in [-0.39, 0.29) is 29.5 Å². The minimum Gasteiger partial charge on any atom is -0.489 e. The number of fused-ring (bicyclic) bond motifs is 3. The number of aromatic nitrogens is 1. The van der Waals surface area contributed by atoms with Gasteiger partial charge in [-0.2, -0.15) is 26.3 Å². The first-order chi connectivity index (χ1) is 12.9. The van der Waals surface area contributed by atoms with Crippen LogP contribution in [0.15, 0.2) is 23.0 Å². The maximum Gasteiger partial charge on any atom is 0.417 e. The van der Waals surface area contributed by atoms with E-state index in [4.69, 9.17) is 4.74 Å². The van der Waals surface area contributed by atoms with Gasteiger partial charge in [-0.25, -0.2) is 0 Å². The molecule has 4 nitrogen and oxygen atoms in total. The van der Waals surface area contributed by atoms with Crippen LogP contribution in [0.4, 0.5) is 32.0 Å². The highest BCUT2D eigenvalue weighted by molar-refractivity contribution is 5.94. The zero-order valence-corrected chi connectivity index (χ0v) is 15.0. The Balaban J connectivity index is 2.24. The van der Waals surface area contributed by atoms with Gasteiger partial charge in [0, 0.05) is 6.07 Å². The fraction of sp³-hybridized carbons (Fsp3) is 0.500. The van der Waals surface area contributed by atoms with Crippen LogP contribution in [0.2, 0.25) is 0 Å². The topological polar surface area (TPSA) is 45.3 Å². The first-order valence-electron chi connectivity index (χ1n) is 8.60. The second-order valence-corrected chi connectivity index (χ2v) is 7.22. The molecule has 0 unspecified atom stereocenters. The number of H-pyrrole nitrogens is 1. The summed E-state index contributed by atoms with van der Waals surface area (Å²) in [4.78, 5) is 14.9. The molecule has 0 bridgehead atoms. The molecule has 3 rings (SSSR count). The van der Waals surface area contributed by atoms with Crippen LogP contribution in [0.5, 0.6) is 5.75 Å². The van der Waals surface area contributed by atoms with Gasteiger partial charge >= 0.3 is 12.4 Å². The van der Waals surface area contributed by atoms with Crippen molar-refractivity contribution in [1.29, 1.82) is 0 Å². The lowest BCUT2D eigenvalue weighted by Crippen LogP contribution is -2.48. The van der Waals surface area contributed by atoms with Crippen molar-refractivity contribution in [3.05, 3.63) is 34.1 Å². The number of hydrogen-bond donors (Lipinski definition) is 1. The summed E-state index contributed by atoms with van der Waals surface area (Å²) >= 11 is 0. The molecule has 0 amide bonds. The number of nitrogens with one attached hydrogen (secondary N) is 1. The lowest BCUT2D eigenvalue weighted by Gasteiger charge is -2.40. The molecule has 2 heterocycles. The quantitative estimate of drug-likeness (QED) is 0.748. The van der Waals surface area contributed by atoms with E-state index in [1.165, 1.54) is 12.1 Å². The Morgan fingerprint density at radius 1 is 1.21 bits per heavy atom. The summed E-state index contributed by atoms with van der Waals surface area (Å²) in [5, 5.41) is -0.445. The number of benzene rings is 1.